The van der Waals surface area contributed by atoms with Crippen LogP contribution in [0.5, 0.6) is 5.75 Å². The molecule has 0 fully saturated rings. The molecule has 3 rings (SSSR count). The molecule has 1 heterocycles. The monoisotopic (exact) mass is 446 g/mol. The van der Waals surface area contributed by atoms with Crippen LogP contribution in [0.4, 0.5) is 15.8 Å². The molecule has 162 valence electrons. The Hall–Kier alpha value is -3.39. The van der Waals surface area contributed by atoms with Gasteiger partial charge in [-0.05, 0) is 49.4 Å². The van der Waals surface area contributed by atoms with Crippen molar-refractivity contribution in [2.45, 2.75) is 13.3 Å². The number of benzene rings is 2. The minimum absolute atomic E-state index is 0.0323. The summed E-state index contributed by atoms with van der Waals surface area (Å²) in [5.41, 5.74) is 0.939. The average Bonchev–Trinajstić information content (AvgIpc) is 2.74. The fourth-order valence-corrected chi connectivity index (χ4v) is 3.65. The van der Waals surface area contributed by atoms with E-state index in [0.29, 0.717) is 22.1 Å². The van der Waals surface area contributed by atoms with Crippen molar-refractivity contribution in [3.8, 4) is 5.75 Å². The van der Waals surface area contributed by atoms with Crippen LogP contribution < -0.4 is 15.0 Å². The van der Waals surface area contributed by atoms with Gasteiger partial charge < -0.3 is 14.8 Å². The third-order valence-electron chi connectivity index (χ3n) is 4.93. The van der Waals surface area contributed by atoms with E-state index in [4.69, 9.17) is 21.1 Å². The molecular formula is C22H20ClFN2O5. The van der Waals surface area contributed by atoms with Gasteiger partial charge in [0.25, 0.3) is 0 Å². The van der Waals surface area contributed by atoms with Crippen molar-refractivity contribution in [1.29, 1.82) is 0 Å². The topological polar surface area (TPSA) is 84.9 Å². The highest BCUT2D eigenvalue weighted by atomic mass is 35.5. The SMILES string of the molecule is COC(=O)C1=C(C)N(c2ccc(F)cc2)C(=O)C[C@H]1C(=O)Nc1cc(Cl)ccc1OC. The number of halogens is 2. The molecule has 0 aliphatic carbocycles. The van der Waals surface area contributed by atoms with Crippen LogP contribution in [0.15, 0.2) is 53.7 Å². The summed E-state index contributed by atoms with van der Waals surface area (Å²) in [7, 11) is 2.63. The zero-order valence-corrected chi connectivity index (χ0v) is 17.8. The molecule has 9 heteroatoms. The second-order valence-electron chi connectivity index (χ2n) is 6.79. The number of rotatable bonds is 5. The molecule has 7 nitrogen and oxygen atoms in total. The number of nitrogens with zero attached hydrogens (tertiary/aromatic N) is 1. The molecule has 1 aliphatic rings. The first-order valence-corrected chi connectivity index (χ1v) is 9.66. The van der Waals surface area contributed by atoms with E-state index in [1.54, 1.807) is 12.1 Å². The molecule has 2 aromatic rings. The standard InChI is InChI=1S/C22H20ClFN2O5/c1-12-20(22(29)31-3)16(11-19(27)26(12)15-7-5-14(24)6-8-15)21(28)25-17-10-13(23)4-9-18(17)30-2/h4-10,16H,11H2,1-3H3,(H,25,28)/t16-/m1/s1. The lowest BCUT2D eigenvalue weighted by Crippen LogP contribution is -2.43. The van der Waals surface area contributed by atoms with Gasteiger partial charge in [0.15, 0.2) is 0 Å². The van der Waals surface area contributed by atoms with Gasteiger partial charge in [0.1, 0.15) is 11.6 Å². The van der Waals surface area contributed by atoms with E-state index in [0.717, 1.165) is 0 Å². The number of anilines is 2. The van der Waals surface area contributed by atoms with Gasteiger partial charge >= 0.3 is 5.97 Å². The maximum Gasteiger partial charge on any atom is 0.336 e. The molecule has 0 spiro atoms. The number of hydrogen-bond acceptors (Lipinski definition) is 5. The highest BCUT2D eigenvalue weighted by Gasteiger charge is 2.40. The second kappa shape index (κ2) is 9.18. The van der Waals surface area contributed by atoms with Crippen LogP contribution in [0.25, 0.3) is 0 Å². The molecule has 1 N–H and O–H groups in total. The lowest BCUT2D eigenvalue weighted by Gasteiger charge is -2.33. The predicted molar refractivity (Wildman–Crippen MR) is 113 cm³/mol. The lowest BCUT2D eigenvalue weighted by molar-refractivity contribution is -0.138. The molecule has 0 radical (unpaired) electrons. The molecule has 0 saturated carbocycles. The van der Waals surface area contributed by atoms with Crippen molar-refractivity contribution < 1.29 is 28.2 Å². The number of esters is 1. The van der Waals surface area contributed by atoms with Gasteiger partial charge in [-0.2, -0.15) is 0 Å². The molecule has 1 aliphatic heterocycles. The highest BCUT2D eigenvalue weighted by Crippen LogP contribution is 2.35. The van der Waals surface area contributed by atoms with Crippen LogP contribution >= 0.6 is 11.6 Å². The molecule has 0 unspecified atom stereocenters. The van der Waals surface area contributed by atoms with Gasteiger partial charge in [-0.25, -0.2) is 9.18 Å². The number of carbonyl (C=O) groups is 3. The zero-order valence-electron chi connectivity index (χ0n) is 17.1. The third-order valence-corrected chi connectivity index (χ3v) is 5.16. The fourth-order valence-electron chi connectivity index (χ4n) is 3.48. The molecule has 1 atom stereocenters. The van der Waals surface area contributed by atoms with Gasteiger partial charge in [0.05, 0.1) is 31.4 Å². The average molecular weight is 447 g/mol. The maximum absolute atomic E-state index is 13.3. The summed E-state index contributed by atoms with van der Waals surface area (Å²) in [5.74, 6) is -2.94. The van der Waals surface area contributed by atoms with Crippen molar-refractivity contribution in [2.24, 2.45) is 5.92 Å². The normalized spacial score (nSPS) is 16.2. The second-order valence-corrected chi connectivity index (χ2v) is 7.22. The van der Waals surface area contributed by atoms with Crippen molar-refractivity contribution in [1.82, 2.24) is 0 Å². The Morgan fingerprint density at radius 3 is 2.45 bits per heavy atom. The number of nitrogens with one attached hydrogen (secondary N) is 1. The van der Waals surface area contributed by atoms with E-state index in [1.165, 1.54) is 56.4 Å². The Bertz CT molecular complexity index is 1070. The van der Waals surface area contributed by atoms with Gasteiger partial charge in [-0.1, -0.05) is 11.6 Å². The Morgan fingerprint density at radius 1 is 1.16 bits per heavy atom. The molecule has 0 saturated heterocycles. The largest absolute Gasteiger partial charge is 0.495 e. The first-order chi connectivity index (χ1) is 14.8. The number of amides is 2. The van der Waals surface area contributed by atoms with E-state index in [9.17, 15) is 18.8 Å². The van der Waals surface area contributed by atoms with Gasteiger partial charge in [-0.3, -0.25) is 14.5 Å². The summed E-state index contributed by atoms with van der Waals surface area (Å²) < 4.78 is 23.4. The van der Waals surface area contributed by atoms with Crippen LogP contribution in [-0.4, -0.2) is 32.0 Å². The number of allylic oxidation sites excluding steroid dienone is 1. The molecule has 2 amide bonds. The number of methoxy groups -OCH3 is 2. The summed E-state index contributed by atoms with van der Waals surface area (Å²) in [6, 6.07) is 9.94. The minimum Gasteiger partial charge on any atom is -0.495 e. The van der Waals surface area contributed by atoms with E-state index < -0.39 is 29.5 Å². The van der Waals surface area contributed by atoms with Crippen LogP contribution in [0.2, 0.25) is 5.02 Å². The Morgan fingerprint density at radius 2 is 1.84 bits per heavy atom. The molecular weight excluding hydrogens is 427 g/mol. The number of ether oxygens (including phenoxy) is 2. The van der Waals surface area contributed by atoms with Crippen molar-refractivity contribution in [3.05, 3.63) is 64.6 Å². The summed E-state index contributed by atoms with van der Waals surface area (Å²) in [5, 5.41) is 3.05. The molecule has 31 heavy (non-hydrogen) atoms. The van der Waals surface area contributed by atoms with Gasteiger partial charge in [0.2, 0.25) is 11.8 Å². The van der Waals surface area contributed by atoms with Crippen molar-refractivity contribution in [3.63, 3.8) is 0 Å². The van der Waals surface area contributed by atoms with Crippen LogP contribution in [0.3, 0.4) is 0 Å². The van der Waals surface area contributed by atoms with E-state index in [2.05, 4.69) is 5.32 Å². The van der Waals surface area contributed by atoms with E-state index >= 15 is 0 Å². The van der Waals surface area contributed by atoms with Gasteiger partial charge in [-0.15, -0.1) is 0 Å². The predicted octanol–water partition coefficient (Wildman–Crippen LogP) is 3.93. The van der Waals surface area contributed by atoms with Crippen molar-refractivity contribution >= 4 is 40.8 Å². The summed E-state index contributed by atoms with van der Waals surface area (Å²) in [6.07, 6.45) is -0.284. The highest BCUT2D eigenvalue weighted by molar-refractivity contribution is 6.31. The number of carbonyl (C=O) groups excluding carboxylic acids is 3. The molecule has 2 aromatic carbocycles. The Labute approximate surface area is 183 Å². The zero-order chi connectivity index (χ0) is 22.7. The van der Waals surface area contributed by atoms with E-state index in [-0.39, 0.29) is 17.7 Å². The smallest absolute Gasteiger partial charge is 0.336 e. The third kappa shape index (κ3) is 4.54. The van der Waals surface area contributed by atoms with Crippen LogP contribution in [0, 0.1) is 11.7 Å². The molecule has 0 bridgehead atoms. The van der Waals surface area contributed by atoms with Crippen LogP contribution in [-0.2, 0) is 19.1 Å². The minimum atomic E-state index is -1.10. The van der Waals surface area contributed by atoms with Crippen molar-refractivity contribution in [2.75, 3.05) is 24.4 Å². The van der Waals surface area contributed by atoms with Gasteiger partial charge in [0, 0.05) is 22.8 Å². The quantitative estimate of drug-likeness (QED) is 0.703. The fraction of sp³-hybridized carbons (Fsp3) is 0.227. The van der Waals surface area contributed by atoms with E-state index in [1.807, 2.05) is 0 Å². The number of hydrogen-bond donors (Lipinski definition) is 1. The Balaban J connectivity index is 2.01. The Kier molecular flexibility index (Phi) is 6.60. The molecule has 0 aromatic heterocycles. The lowest BCUT2D eigenvalue weighted by atomic mass is 9.88. The summed E-state index contributed by atoms with van der Waals surface area (Å²) in [4.78, 5) is 39.8. The summed E-state index contributed by atoms with van der Waals surface area (Å²) in [6.45, 7) is 1.53. The van der Waals surface area contributed by atoms with Crippen LogP contribution in [0.1, 0.15) is 13.3 Å². The maximum atomic E-state index is 13.3. The first kappa shape index (κ1) is 22.3. The first-order valence-electron chi connectivity index (χ1n) is 9.28. The summed E-state index contributed by atoms with van der Waals surface area (Å²) >= 11 is 6.01.